The molecule has 44 heavy (non-hydrogen) atoms. The van der Waals surface area contributed by atoms with Gasteiger partial charge in [-0.3, -0.25) is 0 Å². The zero-order valence-corrected chi connectivity index (χ0v) is 28.7. The average Bonchev–Trinajstić information content (AvgIpc) is 3.22. The molecule has 5 atom stereocenters. The maximum atomic E-state index is 10.9. The fraction of sp³-hybridized carbons (Fsp3) is 0.525. The summed E-state index contributed by atoms with van der Waals surface area (Å²) in [4.78, 5) is 0. The third kappa shape index (κ3) is 9.39. The molecule has 4 nitrogen and oxygen atoms in total. The van der Waals surface area contributed by atoms with Gasteiger partial charge in [0.1, 0.15) is 0 Å². The fourth-order valence-electron chi connectivity index (χ4n) is 7.21. The number of ether oxygens (including phenoxy) is 1. The van der Waals surface area contributed by atoms with E-state index < -0.39 is 17.3 Å². The summed E-state index contributed by atoms with van der Waals surface area (Å²) in [5.41, 5.74) is 8.16. The van der Waals surface area contributed by atoms with Crippen LogP contribution in [-0.2, 0) is 4.74 Å². The summed E-state index contributed by atoms with van der Waals surface area (Å²) in [6, 6.07) is 0. The number of hydrogen-bond donors (Lipinski definition) is 3. The van der Waals surface area contributed by atoms with Gasteiger partial charge >= 0.3 is 0 Å². The summed E-state index contributed by atoms with van der Waals surface area (Å²) < 4.78 is 6.46. The quantitative estimate of drug-likeness (QED) is 0.148. The Morgan fingerprint density at radius 3 is 1.84 bits per heavy atom. The molecule has 0 aromatic rings. The van der Waals surface area contributed by atoms with Gasteiger partial charge in [0.05, 0.1) is 29.5 Å². The molecule has 1 aliphatic heterocycles. The number of aliphatic hydroxyl groups excluding tert-OH is 2. The second-order valence-electron chi connectivity index (χ2n) is 14.9. The summed E-state index contributed by atoms with van der Waals surface area (Å²) in [5, 5.41) is 31.4. The highest BCUT2D eigenvalue weighted by molar-refractivity contribution is 5.37. The van der Waals surface area contributed by atoms with Crippen molar-refractivity contribution < 1.29 is 20.1 Å². The highest BCUT2D eigenvalue weighted by Gasteiger charge is 2.50. The van der Waals surface area contributed by atoms with E-state index in [0.717, 1.165) is 34.3 Å². The monoisotopic (exact) mass is 600 g/mol. The van der Waals surface area contributed by atoms with Gasteiger partial charge in [0.15, 0.2) is 0 Å². The predicted molar refractivity (Wildman–Crippen MR) is 184 cm³/mol. The van der Waals surface area contributed by atoms with Gasteiger partial charge in [-0.15, -0.1) is 5.73 Å². The molecule has 3 rings (SSSR count). The summed E-state index contributed by atoms with van der Waals surface area (Å²) >= 11 is 0. The summed E-state index contributed by atoms with van der Waals surface area (Å²) in [7, 11) is 0. The third-order valence-corrected chi connectivity index (χ3v) is 9.13. The smallest absolute Gasteiger partial charge is 0.0982 e. The average molecular weight is 601 g/mol. The highest BCUT2D eigenvalue weighted by Crippen LogP contribution is 2.52. The molecule has 0 saturated heterocycles. The van der Waals surface area contributed by atoms with Crippen molar-refractivity contribution in [3.8, 4) is 0 Å². The van der Waals surface area contributed by atoms with Crippen LogP contribution >= 0.6 is 0 Å². The summed E-state index contributed by atoms with van der Waals surface area (Å²) in [6.45, 7) is 20.7. The Hall–Kier alpha value is -2.72. The zero-order chi connectivity index (χ0) is 32.9. The molecular formula is C40H56O4. The van der Waals surface area contributed by atoms with Gasteiger partial charge in [-0.2, -0.15) is 0 Å². The van der Waals surface area contributed by atoms with Crippen LogP contribution in [0.15, 0.2) is 112 Å². The van der Waals surface area contributed by atoms with E-state index in [-0.39, 0.29) is 23.0 Å². The largest absolute Gasteiger partial charge is 0.393 e. The standard InChI is InChI=1S/C40H56O4/c1-28(17-13-18-30(3)21-22-35-37(5,6)24-32(41)26-39(35,9)43)15-11-12-16-29(2)19-14-20-31(4)34-23-36-38(7,8)25-33(42)27-40(36,10)44-34/h11-21,23,32-34,41-43H,24-27H2,1-10H3/b12-11+,17-13+,19-14+,28-15+,29-16+,30-18+,31-20-/t22?,32-,33-,34+,39+,40+/m0/s1. The number of aliphatic hydroxyl groups is 3. The van der Waals surface area contributed by atoms with Crippen LogP contribution in [-0.4, -0.2) is 44.8 Å². The Morgan fingerprint density at radius 1 is 0.727 bits per heavy atom. The van der Waals surface area contributed by atoms with E-state index in [0.29, 0.717) is 19.3 Å². The van der Waals surface area contributed by atoms with Gasteiger partial charge in [0.25, 0.3) is 0 Å². The topological polar surface area (TPSA) is 69.9 Å². The molecule has 0 amide bonds. The van der Waals surface area contributed by atoms with Crippen molar-refractivity contribution >= 4 is 0 Å². The van der Waals surface area contributed by atoms with Gasteiger partial charge in [-0.05, 0) is 94.1 Å². The van der Waals surface area contributed by atoms with Crippen molar-refractivity contribution in [2.45, 2.75) is 124 Å². The van der Waals surface area contributed by atoms with Crippen molar-refractivity contribution in [3.63, 3.8) is 0 Å². The third-order valence-electron chi connectivity index (χ3n) is 9.13. The van der Waals surface area contributed by atoms with Crippen molar-refractivity contribution in [3.05, 3.63) is 112 Å². The van der Waals surface area contributed by atoms with Crippen molar-refractivity contribution in [1.29, 1.82) is 0 Å². The van der Waals surface area contributed by atoms with Gasteiger partial charge in [-0.1, -0.05) is 99.6 Å². The lowest BCUT2D eigenvalue weighted by molar-refractivity contribution is -0.0683. The minimum Gasteiger partial charge on any atom is -0.393 e. The molecule has 0 bridgehead atoms. The van der Waals surface area contributed by atoms with E-state index in [1.54, 1.807) is 6.92 Å². The SMILES string of the molecule is C/C(=C/C=C/C(C)=C/C=C/C=C(C)/C=C/C=C(\C)C=C=C1C(C)(C)C[C@H](O)C[C@@]1(C)O)[C@H]1C=C2C(C)(C)C[C@H](O)C[C@@]2(C)O1. The first-order chi connectivity index (χ1) is 20.3. The van der Waals surface area contributed by atoms with Crippen molar-refractivity contribution in [2.75, 3.05) is 0 Å². The van der Waals surface area contributed by atoms with Crippen LogP contribution in [0.3, 0.4) is 0 Å². The molecule has 2 aliphatic carbocycles. The Bertz CT molecular complexity index is 1360. The predicted octanol–water partition coefficient (Wildman–Crippen LogP) is 8.72. The number of hydrogen-bond acceptors (Lipinski definition) is 4. The van der Waals surface area contributed by atoms with Crippen molar-refractivity contribution in [2.24, 2.45) is 10.8 Å². The fourth-order valence-corrected chi connectivity index (χ4v) is 7.21. The minimum atomic E-state index is -1.05. The lowest BCUT2D eigenvalue weighted by Crippen LogP contribution is -2.45. The summed E-state index contributed by atoms with van der Waals surface area (Å²) in [5.74, 6) is 0. The first-order valence-electron chi connectivity index (χ1n) is 16.0. The molecule has 0 spiro atoms. The first-order valence-corrected chi connectivity index (χ1v) is 16.0. The highest BCUT2D eigenvalue weighted by atomic mass is 16.5. The normalized spacial score (nSPS) is 33.2. The minimum absolute atomic E-state index is 0.0566. The van der Waals surface area contributed by atoms with E-state index in [4.69, 9.17) is 4.74 Å². The number of rotatable bonds is 8. The molecule has 2 fully saturated rings. The Kier molecular flexibility index (Phi) is 11.5. The maximum Gasteiger partial charge on any atom is 0.0982 e. The zero-order valence-electron chi connectivity index (χ0n) is 28.7. The van der Waals surface area contributed by atoms with Crippen LogP contribution in [0.4, 0.5) is 0 Å². The van der Waals surface area contributed by atoms with Crippen molar-refractivity contribution in [1.82, 2.24) is 0 Å². The number of fused-ring (bicyclic) bond motifs is 1. The van der Waals surface area contributed by atoms with Crippen LogP contribution in [0.2, 0.25) is 0 Å². The van der Waals surface area contributed by atoms with Gasteiger partial charge < -0.3 is 20.1 Å². The van der Waals surface area contributed by atoms with E-state index in [1.165, 1.54) is 5.57 Å². The molecule has 3 N–H and O–H groups in total. The Morgan fingerprint density at radius 2 is 1.25 bits per heavy atom. The molecule has 0 aromatic heterocycles. The lowest BCUT2D eigenvalue weighted by atomic mass is 9.65. The van der Waals surface area contributed by atoms with E-state index >= 15 is 0 Å². The van der Waals surface area contributed by atoms with E-state index in [9.17, 15) is 15.3 Å². The Labute approximate surface area is 267 Å². The van der Waals surface area contributed by atoms with Crippen LogP contribution in [0.1, 0.15) is 94.9 Å². The molecule has 4 heteroatoms. The van der Waals surface area contributed by atoms with Gasteiger partial charge in [0.2, 0.25) is 0 Å². The molecule has 3 aliphatic rings. The second kappa shape index (κ2) is 14.1. The molecule has 2 saturated carbocycles. The molecule has 0 unspecified atom stereocenters. The van der Waals surface area contributed by atoms with Crippen LogP contribution in [0, 0.1) is 10.8 Å². The summed E-state index contributed by atoms with van der Waals surface area (Å²) in [6.07, 6.45) is 26.4. The molecule has 0 aromatic carbocycles. The second-order valence-corrected chi connectivity index (χ2v) is 14.9. The molecule has 240 valence electrons. The first kappa shape index (κ1) is 35.8. The number of allylic oxidation sites excluding steroid dienone is 13. The molecule has 1 heterocycles. The molecular weight excluding hydrogens is 544 g/mol. The maximum absolute atomic E-state index is 10.9. The van der Waals surface area contributed by atoms with Crippen LogP contribution < -0.4 is 0 Å². The lowest BCUT2D eigenvalue weighted by Gasteiger charge is -2.44. The van der Waals surface area contributed by atoms with Crippen LogP contribution in [0.5, 0.6) is 0 Å². The van der Waals surface area contributed by atoms with E-state index in [1.807, 2.05) is 37.3 Å². The van der Waals surface area contributed by atoms with E-state index in [2.05, 4.69) is 104 Å². The van der Waals surface area contributed by atoms with Crippen LogP contribution in [0.25, 0.3) is 0 Å². The van der Waals surface area contributed by atoms with Gasteiger partial charge in [-0.25, -0.2) is 0 Å². The Balaban J connectivity index is 1.56. The molecule has 0 radical (unpaired) electrons. The van der Waals surface area contributed by atoms with Gasteiger partial charge in [0, 0.05) is 18.4 Å².